The summed E-state index contributed by atoms with van der Waals surface area (Å²) in [6.45, 7) is 0. The second-order valence-electron chi connectivity index (χ2n) is 2.87. The Bertz CT molecular complexity index is 582. The van der Waals surface area contributed by atoms with Crippen LogP contribution in [-0.2, 0) is 20.2 Å². The summed E-state index contributed by atoms with van der Waals surface area (Å²) in [5.74, 6) is 0. The van der Waals surface area contributed by atoms with Gasteiger partial charge in [-0.1, -0.05) is 11.6 Å². The molecule has 1 aromatic rings. The minimum Gasteiger partial charge on any atom is -0.206 e. The maximum Gasteiger partial charge on any atom is 0.290 e. The molecule has 17 heavy (non-hydrogen) atoms. The fraction of sp³-hybridized carbons (Fsp3) is 0.143. The summed E-state index contributed by atoms with van der Waals surface area (Å²) >= 11 is 5.60. The molecule has 0 unspecified atom stereocenters. The summed E-state index contributed by atoms with van der Waals surface area (Å²) in [6, 6.07) is 5.25. The molecule has 0 aliphatic rings. The monoisotopic (exact) mass is 299 g/mol. The Morgan fingerprint density at radius 1 is 1.00 bits per heavy atom. The molecule has 7 nitrogen and oxygen atoms in total. The molecule has 0 radical (unpaired) electrons. The predicted molar refractivity (Wildman–Crippen MR) is 62.9 cm³/mol. The fourth-order valence-electron chi connectivity index (χ4n) is 0.833. The normalized spacial score (nSPS) is 12.6. The Kier molecular flexibility index (Phi) is 4.47. The first kappa shape index (κ1) is 14.4. The average molecular weight is 300 g/mol. The Balaban J connectivity index is 2.87. The van der Waals surface area contributed by atoms with Gasteiger partial charge in [0.05, 0.1) is 4.90 Å². The summed E-state index contributed by atoms with van der Waals surface area (Å²) in [4.78, 5) is 3.26. The van der Waals surface area contributed by atoms with E-state index in [1.165, 1.54) is 24.3 Å². The summed E-state index contributed by atoms with van der Waals surface area (Å²) in [5.41, 5.74) is 0. The first-order valence-electron chi connectivity index (χ1n) is 4.24. The molecule has 0 fully saturated rings. The predicted octanol–water partition coefficient (Wildman–Crippen LogP) is -0.413. The molecule has 0 aliphatic carbocycles. The van der Waals surface area contributed by atoms with Crippen LogP contribution >= 0.6 is 11.6 Å². The number of hydrogen-bond donors (Lipinski definition) is 3. The quantitative estimate of drug-likeness (QED) is 0.643. The molecule has 3 N–H and O–H groups in total. The van der Waals surface area contributed by atoms with E-state index >= 15 is 0 Å². The summed E-state index contributed by atoms with van der Waals surface area (Å²) in [6.07, 6.45) is 0. The van der Waals surface area contributed by atoms with Crippen LogP contribution in [0.1, 0.15) is 0 Å². The molecule has 0 saturated heterocycles. The van der Waals surface area contributed by atoms with Crippen molar-refractivity contribution in [2.24, 2.45) is 0 Å². The minimum atomic E-state index is -3.96. The SMILES string of the molecule is CNS(=O)(=O)NNS(=O)(=O)c1ccc(Cl)cc1. The van der Waals surface area contributed by atoms with Gasteiger partial charge in [0.15, 0.2) is 0 Å². The highest BCUT2D eigenvalue weighted by Crippen LogP contribution is 2.13. The second-order valence-corrected chi connectivity index (χ2v) is 6.61. The number of benzene rings is 1. The van der Waals surface area contributed by atoms with Crippen molar-refractivity contribution in [1.82, 2.24) is 14.4 Å². The lowest BCUT2D eigenvalue weighted by atomic mass is 10.4. The van der Waals surface area contributed by atoms with Gasteiger partial charge >= 0.3 is 0 Å². The van der Waals surface area contributed by atoms with Crippen molar-refractivity contribution >= 4 is 31.8 Å². The van der Waals surface area contributed by atoms with Gasteiger partial charge in [-0.3, -0.25) is 0 Å². The fourth-order valence-corrected chi connectivity index (χ4v) is 2.55. The van der Waals surface area contributed by atoms with Crippen molar-refractivity contribution in [3.05, 3.63) is 29.3 Å². The lowest BCUT2D eigenvalue weighted by Crippen LogP contribution is -2.46. The number of nitrogens with one attached hydrogen (secondary N) is 3. The zero-order chi connectivity index (χ0) is 13.1. The van der Waals surface area contributed by atoms with Crippen molar-refractivity contribution in [2.75, 3.05) is 7.05 Å². The minimum absolute atomic E-state index is 0.110. The van der Waals surface area contributed by atoms with Crippen molar-refractivity contribution in [2.45, 2.75) is 4.90 Å². The Morgan fingerprint density at radius 3 is 2.00 bits per heavy atom. The molecule has 0 spiro atoms. The van der Waals surface area contributed by atoms with Crippen molar-refractivity contribution < 1.29 is 16.8 Å². The molecule has 0 aliphatic heterocycles. The van der Waals surface area contributed by atoms with Crippen LogP contribution in [0.15, 0.2) is 29.2 Å². The van der Waals surface area contributed by atoms with Crippen molar-refractivity contribution in [1.29, 1.82) is 0 Å². The average Bonchev–Trinajstić information content (AvgIpc) is 2.27. The third kappa shape index (κ3) is 4.22. The van der Waals surface area contributed by atoms with Gasteiger partial charge in [-0.15, -0.1) is 9.66 Å². The lowest BCUT2D eigenvalue weighted by Gasteiger charge is -2.08. The molecule has 96 valence electrons. The van der Waals surface area contributed by atoms with Gasteiger partial charge in [0, 0.05) is 12.1 Å². The first-order valence-corrected chi connectivity index (χ1v) is 7.59. The largest absolute Gasteiger partial charge is 0.290 e. The standard InChI is InChI=1S/C7H10ClN3O4S2/c1-9-17(14,15)11-10-16(12,13)7-4-2-6(8)3-5-7/h2-5,9-11H,1H3. The van der Waals surface area contributed by atoms with Gasteiger partial charge in [0.25, 0.3) is 20.2 Å². The van der Waals surface area contributed by atoms with Gasteiger partial charge in [-0.25, -0.2) is 13.1 Å². The number of hydrazine groups is 1. The zero-order valence-corrected chi connectivity index (χ0v) is 11.0. The van der Waals surface area contributed by atoms with Crippen LogP contribution in [0, 0.1) is 0 Å². The third-order valence-electron chi connectivity index (χ3n) is 1.70. The van der Waals surface area contributed by atoms with Gasteiger partial charge in [0.1, 0.15) is 0 Å². The van der Waals surface area contributed by atoms with Gasteiger partial charge < -0.3 is 0 Å². The van der Waals surface area contributed by atoms with Gasteiger partial charge in [0.2, 0.25) is 0 Å². The van der Waals surface area contributed by atoms with Gasteiger partial charge in [-0.05, 0) is 24.3 Å². The van der Waals surface area contributed by atoms with E-state index in [0.29, 0.717) is 5.02 Å². The molecule has 0 saturated carbocycles. The molecule has 0 atom stereocenters. The number of rotatable bonds is 5. The first-order chi connectivity index (χ1) is 7.77. The van der Waals surface area contributed by atoms with Crippen molar-refractivity contribution in [3.63, 3.8) is 0 Å². The molecule has 0 bridgehead atoms. The highest BCUT2D eigenvalue weighted by Gasteiger charge is 2.16. The number of halogens is 1. The molecule has 1 rings (SSSR count). The summed E-state index contributed by atoms with van der Waals surface area (Å²) in [7, 11) is -6.71. The van der Waals surface area contributed by atoms with E-state index in [1.54, 1.807) is 9.66 Å². The second kappa shape index (κ2) is 5.29. The number of sulfonamides is 1. The molecular formula is C7H10ClN3O4S2. The molecule has 10 heteroatoms. The smallest absolute Gasteiger partial charge is 0.206 e. The van der Waals surface area contributed by atoms with Crippen molar-refractivity contribution in [3.8, 4) is 0 Å². The van der Waals surface area contributed by atoms with E-state index in [4.69, 9.17) is 11.6 Å². The van der Waals surface area contributed by atoms with E-state index in [1.807, 2.05) is 4.72 Å². The molecule has 0 heterocycles. The molecule has 1 aromatic carbocycles. The van der Waals surface area contributed by atoms with Crippen LogP contribution < -0.4 is 14.4 Å². The zero-order valence-electron chi connectivity index (χ0n) is 8.64. The topological polar surface area (TPSA) is 104 Å². The lowest BCUT2D eigenvalue weighted by molar-refractivity contribution is 0.552. The van der Waals surface area contributed by atoms with Crippen LogP contribution in [0.2, 0.25) is 5.02 Å². The maximum atomic E-state index is 11.6. The summed E-state index contributed by atoms with van der Waals surface area (Å²) in [5, 5.41) is 0.375. The van der Waals surface area contributed by atoms with E-state index in [0.717, 1.165) is 7.05 Å². The van der Waals surface area contributed by atoms with Crippen LogP contribution in [-0.4, -0.2) is 23.9 Å². The molecule has 0 aromatic heterocycles. The van der Waals surface area contributed by atoms with Crippen LogP contribution in [0.4, 0.5) is 0 Å². The van der Waals surface area contributed by atoms with E-state index < -0.39 is 20.2 Å². The van der Waals surface area contributed by atoms with E-state index in [9.17, 15) is 16.8 Å². The van der Waals surface area contributed by atoms with Gasteiger partial charge in [-0.2, -0.15) is 8.42 Å². The Labute approximate surface area is 104 Å². The molecule has 0 amide bonds. The molecular weight excluding hydrogens is 290 g/mol. The third-order valence-corrected chi connectivity index (χ3v) is 4.26. The summed E-state index contributed by atoms with van der Waals surface area (Å²) < 4.78 is 47.0. The van der Waals surface area contributed by atoms with E-state index in [2.05, 4.69) is 0 Å². The Morgan fingerprint density at radius 2 is 1.53 bits per heavy atom. The highest BCUT2D eigenvalue weighted by atomic mass is 35.5. The van der Waals surface area contributed by atoms with Crippen LogP contribution in [0.3, 0.4) is 0 Å². The number of hydrogen-bond acceptors (Lipinski definition) is 4. The van der Waals surface area contributed by atoms with E-state index in [-0.39, 0.29) is 4.90 Å². The highest BCUT2D eigenvalue weighted by molar-refractivity contribution is 7.91. The van der Waals surface area contributed by atoms with Crippen LogP contribution in [0.25, 0.3) is 0 Å². The van der Waals surface area contributed by atoms with Crippen LogP contribution in [0.5, 0.6) is 0 Å². The Hall–Kier alpha value is -0.710. The maximum absolute atomic E-state index is 11.6.